The van der Waals surface area contributed by atoms with E-state index in [9.17, 15) is 4.79 Å². The first kappa shape index (κ1) is 11.6. The Morgan fingerprint density at radius 1 is 1.50 bits per heavy atom. The third kappa shape index (κ3) is 2.13. The first-order valence-electron chi connectivity index (χ1n) is 5.72. The molecule has 1 aliphatic carbocycles. The van der Waals surface area contributed by atoms with Crippen LogP contribution in [0.15, 0.2) is 12.2 Å². The van der Waals surface area contributed by atoms with Crippen molar-refractivity contribution in [2.45, 2.75) is 45.2 Å². The highest BCUT2D eigenvalue weighted by atomic mass is 16.8. The maximum absolute atomic E-state index is 11.7. The van der Waals surface area contributed by atoms with E-state index in [1.165, 1.54) is 0 Å². The Morgan fingerprint density at radius 2 is 2.25 bits per heavy atom. The number of hydrogen-bond acceptors (Lipinski definition) is 4. The van der Waals surface area contributed by atoms with Crippen molar-refractivity contribution in [2.24, 2.45) is 5.92 Å². The zero-order valence-corrected chi connectivity index (χ0v) is 9.93. The Labute approximate surface area is 95.6 Å². The average Bonchev–Trinajstić information content (AvgIpc) is 2.51. The van der Waals surface area contributed by atoms with E-state index >= 15 is 0 Å². The summed E-state index contributed by atoms with van der Waals surface area (Å²) in [7, 11) is 0. The molecular weight excluding hydrogens is 208 g/mol. The van der Waals surface area contributed by atoms with Gasteiger partial charge in [0.25, 0.3) is 0 Å². The molecule has 0 aromatic heterocycles. The highest BCUT2D eigenvalue weighted by Gasteiger charge is 2.47. The Morgan fingerprint density at radius 3 is 2.94 bits per heavy atom. The smallest absolute Gasteiger partial charge is 0.315 e. The van der Waals surface area contributed by atoms with Gasteiger partial charge in [-0.1, -0.05) is 12.2 Å². The topological polar surface area (TPSA) is 44.8 Å². The van der Waals surface area contributed by atoms with Gasteiger partial charge in [0.2, 0.25) is 0 Å². The highest BCUT2D eigenvalue weighted by molar-refractivity contribution is 5.75. The zero-order valence-electron chi connectivity index (χ0n) is 9.93. The lowest BCUT2D eigenvalue weighted by molar-refractivity contribution is -0.160. The van der Waals surface area contributed by atoms with Crippen molar-refractivity contribution < 1.29 is 19.0 Å². The van der Waals surface area contributed by atoms with Crippen LogP contribution >= 0.6 is 0 Å². The molecule has 4 nitrogen and oxygen atoms in total. The van der Waals surface area contributed by atoms with Crippen LogP contribution in [0.5, 0.6) is 0 Å². The van der Waals surface area contributed by atoms with Crippen LogP contribution in [0.2, 0.25) is 0 Å². The third-order valence-corrected chi connectivity index (χ3v) is 2.85. The van der Waals surface area contributed by atoms with Crippen molar-refractivity contribution in [3.05, 3.63) is 12.2 Å². The number of ether oxygens (including phenoxy) is 3. The number of carbonyl (C=O) groups is 1. The van der Waals surface area contributed by atoms with Crippen molar-refractivity contribution in [1.82, 2.24) is 0 Å². The normalized spacial score (nSPS) is 35.8. The van der Waals surface area contributed by atoms with E-state index < -0.39 is 5.79 Å². The molecule has 16 heavy (non-hydrogen) atoms. The molecule has 0 spiro atoms. The predicted octanol–water partition coefficient (Wildman–Crippen LogP) is 1.65. The monoisotopic (exact) mass is 226 g/mol. The lowest BCUT2D eigenvalue weighted by Gasteiger charge is -2.25. The second-order valence-corrected chi connectivity index (χ2v) is 4.58. The zero-order chi connectivity index (χ0) is 11.8. The summed E-state index contributed by atoms with van der Waals surface area (Å²) >= 11 is 0. The van der Waals surface area contributed by atoms with E-state index in [-0.39, 0.29) is 24.1 Å². The van der Waals surface area contributed by atoms with Crippen molar-refractivity contribution in [3.8, 4) is 0 Å². The molecule has 0 aromatic rings. The molecule has 2 aliphatic rings. The first-order chi connectivity index (χ1) is 7.53. The quantitative estimate of drug-likeness (QED) is 0.530. The van der Waals surface area contributed by atoms with Crippen LogP contribution in [0, 0.1) is 5.92 Å². The summed E-state index contributed by atoms with van der Waals surface area (Å²) in [6.45, 7) is 5.93. The molecule has 1 aliphatic heterocycles. The number of rotatable bonds is 2. The van der Waals surface area contributed by atoms with Gasteiger partial charge >= 0.3 is 5.97 Å². The van der Waals surface area contributed by atoms with Crippen molar-refractivity contribution >= 4 is 5.97 Å². The van der Waals surface area contributed by atoms with Crippen LogP contribution in [-0.2, 0) is 19.0 Å². The fraction of sp³-hybridized carbons (Fsp3) is 0.750. The van der Waals surface area contributed by atoms with Crippen LogP contribution < -0.4 is 0 Å². The van der Waals surface area contributed by atoms with E-state index in [4.69, 9.17) is 14.2 Å². The summed E-state index contributed by atoms with van der Waals surface area (Å²) < 4.78 is 16.5. The second-order valence-electron chi connectivity index (χ2n) is 4.58. The predicted molar refractivity (Wildman–Crippen MR) is 57.7 cm³/mol. The van der Waals surface area contributed by atoms with Gasteiger partial charge in [-0.3, -0.25) is 4.79 Å². The molecule has 0 aromatic carbocycles. The van der Waals surface area contributed by atoms with Crippen molar-refractivity contribution in [1.29, 1.82) is 0 Å². The summed E-state index contributed by atoms with van der Waals surface area (Å²) in [4.78, 5) is 11.7. The van der Waals surface area contributed by atoms with Gasteiger partial charge in [-0.25, -0.2) is 0 Å². The lowest BCUT2D eigenvalue weighted by atomic mass is 9.90. The summed E-state index contributed by atoms with van der Waals surface area (Å²) in [6.07, 6.45) is 4.38. The lowest BCUT2D eigenvalue weighted by Crippen LogP contribution is -2.38. The Bertz CT molecular complexity index is 308. The Hall–Kier alpha value is -0.870. The third-order valence-electron chi connectivity index (χ3n) is 2.85. The Balaban J connectivity index is 2.12. The molecule has 2 rings (SSSR count). The molecule has 0 bridgehead atoms. The molecule has 1 heterocycles. The average molecular weight is 226 g/mol. The fourth-order valence-corrected chi connectivity index (χ4v) is 2.27. The Kier molecular flexibility index (Phi) is 3.04. The van der Waals surface area contributed by atoms with E-state index in [1.807, 2.05) is 26.0 Å². The van der Waals surface area contributed by atoms with Gasteiger partial charge in [-0.15, -0.1) is 0 Å². The molecule has 0 saturated carbocycles. The molecule has 1 fully saturated rings. The number of fused-ring (bicyclic) bond motifs is 1. The summed E-state index contributed by atoms with van der Waals surface area (Å²) in [5.74, 6) is -1.17. The van der Waals surface area contributed by atoms with Gasteiger partial charge in [0.05, 0.1) is 12.7 Å². The summed E-state index contributed by atoms with van der Waals surface area (Å²) in [6, 6.07) is 0. The number of esters is 1. The molecule has 90 valence electrons. The molecule has 1 unspecified atom stereocenters. The van der Waals surface area contributed by atoms with Gasteiger partial charge in [-0.2, -0.15) is 0 Å². The van der Waals surface area contributed by atoms with Gasteiger partial charge in [0.1, 0.15) is 12.0 Å². The van der Waals surface area contributed by atoms with Crippen LogP contribution in [0.4, 0.5) is 0 Å². The number of hydrogen-bond donors (Lipinski definition) is 0. The van der Waals surface area contributed by atoms with Crippen LogP contribution in [0.25, 0.3) is 0 Å². The minimum Gasteiger partial charge on any atom is -0.465 e. The van der Waals surface area contributed by atoms with Gasteiger partial charge < -0.3 is 14.2 Å². The maximum Gasteiger partial charge on any atom is 0.315 e. The summed E-state index contributed by atoms with van der Waals surface area (Å²) in [5, 5.41) is 0. The SMILES string of the molecule is CCOC(=O)C1C=CC[C@@H]2OC(C)(C)O[C@H]12. The molecule has 4 heteroatoms. The standard InChI is InChI=1S/C12H18O4/c1-4-14-11(13)8-6-5-7-9-10(8)16-12(2,3)15-9/h5-6,8-10H,4,7H2,1-3H3/t8?,9-,10+/m0/s1. The second kappa shape index (κ2) is 4.18. The minimum absolute atomic E-state index is 0.0330. The summed E-state index contributed by atoms with van der Waals surface area (Å²) in [5.41, 5.74) is 0. The van der Waals surface area contributed by atoms with E-state index in [0.29, 0.717) is 6.61 Å². The van der Waals surface area contributed by atoms with Crippen LogP contribution in [0.1, 0.15) is 27.2 Å². The van der Waals surface area contributed by atoms with E-state index in [0.717, 1.165) is 6.42 Å². The minimum atomic E-state index is -0.605. The van der Waals surface area contributed by atoms with Crippen molar-refractivity contribution in [3.63, 3.8) is 0 Å². The molecule has 0 amide bonds. The molecule has 0 radical (unpaired) electrons. The molecule has 3 atom stereocenters. The van der Waals surface area contributed by atoms with Crippen LogP contribution in [-0.4, -0.2) is 30.6 Å². The fourth-order valence-electron chi connectivity index (χ4n) is 2.27. The van der Waals surface area contributed by atoms with E-state index in [2.05, 4.69) is 0 Å². The first-order valence-corrected chi connectivity index (χ1v) is 5.72. The molecule has 1 saturated heterocycles. The van der Waals surface area contributed by atoms with E-state index in [1.54, 1.807) is 6.92 Å². The molecule has 0 N–H and O–H groups in total. The molecular formula is C12H18O4. The van der Waals surface area contributed by atoms with Gasteiger partial charge in [0.15, 0.2) is 5.79 Å². The van der Waals surface area contributed by atoms with Crippen LogP contribution in [0.3, 0.4) is 0 Å². The number of carbonyl (C=O) groups excluding carboxylic acids is 1. The van der Waals surface area contributed by atoms with Crippen molar-refractivity contribution in [2.75, 3.05) is 6.61 Å². The highest BCUT2D eigenvalue weighted by Crippen LogP contribution is 2.37. The maximum atomic E-state index is 11.7. The largest absolute Gasteiger partial charge is 0.465 e. The van der Waals surface area contributed by atoms with Gasteiger partial charge in [0, 0.05) is 0 Å². The van der Waals surface area contributed by atoms with Gasteiger partial charge in [-0.05, 0) is 27.2 Å².